The second-order valence-corrected chi connectivity index (χ2v) is 6.76. The molecule has 26 heavy (non-hydrogen) atoms. The highest BCUT2D eigenvalue weighted by Gasteiger charge is 2.29. The van der Waals surface area contributed by atoms with Crippen molar-refractivity contribution in [1.29, 1.82) is 0 Å². The van der Waals surface area contributed by atoms with Gasteiger partial charge in [-0.3, -0.25) is 0 Å². The number of carbonyl (C=O) groups excluding carboxylic acids is 2. The normalized spacial score (nSPS) is 12.3. The van der Waals surface area contributed by atoms with Gasteiger partial charge < -0.3 is 14.2 Å². The van der Waals surface area contributed by atoms with Crippen LogP contribution in [0.1, 0.15) is 38.1 Å². The van der Waals surface area contributed by atoms with E-state index in [9.17, 15) is 9.59 Å². The van der Waals surface area contributed by atoms with Crippen LogP contribution in [0.4, 0.5) is 4.79 Å². The number of benzene rings is 1. The molecule has 2 rings (SSSR count). The van der Waals surface area contributed by atoms with Gasteiger partial charge in [0.25, 0.3) is 0 Å². The number of imidazole rings is 1. The van der Waals surface area contributed by atoms with Crippen molar-refractivity contribution >= 4 is 12.1 Å². The van der Waals surface area contributed by atoms with Crippen LogP contribution in [0, 0.1) is 5.41 Å². The zero-order valence-corrected chi connectivity index (χ0v) is 15.5. The van der Waals surface area contributed by atoms with E-state index in [4.69, 9.17) is 14.2 Å². The van der Waals surface area contributed by atoms with Gasteiger partial charge in [-0.15, -0.1) is 0 Å². The Labute approximate surface area is 152 Å². The van der Waals surface area contributed by atoms with Crippen molar-refractivity contribution in [3.8, 4) is 5.75 Å². The van der Waals surface area contributed by atoms with Gasteiger partial charge >= 0.3 is 12.1 Å². The Kier molecular flexibility index (Phi) is 6.38. The SMILES string of the molecule is CCOC(=O)c1ccc(OCC(OC(=O)n2ccnc2)C(C)(C)C)cc1. The quantitative estimate of drug-likeness (QED) is 0.733. The summed E-state index contributed by atoms with van der Waals surface area (Å²) < 4.78 is 17.5. The average Bonchev–Trinajstić information content (AvgIpc) is 3.13. The van der Waals surface area contributed by atoms with Gasteiger partial charge in [0.15, 0.2) is 0 Å². The summed E-state index contributed by atoms with van der Waals surface area (Å²) in [5.74, 6) is 0.201. The molecule has 7 nitrogen and oxygen atoms in total. The summed E-state index contributed by atoms with van der Waals surface area (Å²) in [5, 5.41) is 0. The van der Waals surface area contributed by atoms with Crippen molar-refractivity contribution in [2.45, 2.75) is 33.8 Å². The molecule has 0 aliphatic rings. The van der Waals surface area contributed by atoms with Gasteiger partial charge in [-0.1, -0.05) is 20.8 Å². The molecular formula is C19H24N2O5. The third kappa shape index (κ3) is 5.34. The van der Waals surface area contributed by atoms with Crippen LogP contribution in [-0.2, 0) is 9.47 Å². The minimum absolute atomic E-state index is 0.183. The van der Waals surface area contributed by atoms with Crippen LogP contribution in [0.25, 0.3) is 0 Å². The van der Waals surface area contributed by atoms with Crippen LogP contribution in [0.15, 0.2) is 43.0 Å². The third-order valence-electron chi connectivity index (χ3n) is 3.69. The zero-order chi connectivity index (χ0) is 19.2. The molecule has 0 N–H and O–H groups in total. The van der Waals surface area contributed by atoms with E-state index in [0.29, 0.717) is 17.9 Å². The molecular weight excluding hydrogens is 336 g/mol. The topological polar surface area (TPSA) is 79.7 Å². The lowest BCUT2D eigenvalue weighted by molar-refractivity contribution is 0.00208. The molecule has 0 aliphatic heterocycles. The summed E-state index contributed by atoms with van der Waals surface area (Å²) in [5.41, 5.74) is 0.138. The van der Waals surface area contributed by atoms with E-state index in [1.54, 1.807) is 31.2 Å². The Bertz CT molecular complexity index is 717. The molecule has 1 aromatic heterocycles. The number of aromatic nitrogens is 2. The second-order valence-electron chi connectivity index (χ2n) is 6.76. The smallest absolute Gasteiger partial charge is 0.419 e. The molecule has 0 radical (unpaired) electrons. The van der Waals surface area contributed by atoms with Gasteiger partial charge in [0.1, 0.15) is 24.8 Å². The van der Waals surface area contributed by atoms with Crippen molar-refractivity contribution in [3.63, 3.8) is 0 Å². The van der Waals surface area contributed by atoms with E-state index in [2.05, 4.69) is 4.98 Å². The summed E-state index contributed by atoms with van der Waals surface area (Å²) in [7, 11) is 0. The van der Waals surface area contributed by atoms with E-state index >= 15 is 0 Å². The molecule has 0 amide bonds. The van der Waals surface area contributed by atoms with Gasteiger partial charge in [0.2, 0.25) is 0 Å². The fourth-order valence-electron chi connectivity index (χ4n) is 2.08. The lowest BCUT2D eigenvalue weighted by atomic mass is 9.89. The van der Waals surface area contributed by atoms with Gasteiger partial charge in [-0.2, -0.15) is 0 Å². The number of ether oxygens (including phenoxy) is 3. The highest BCUT2D eigenvalue weighted by molar-refractivity contribution is 5.89. The molecule has 1 heterocycles. The first-order chi connectivity index (χ1) is 12.3. The van der Waals surface area contributed by atoms with E-state index in [-0.39, 0.29) is 18.0 Å². The Hall–Kier alpha value is -2.83. The standard InChI is InChI=1S/C19H24N2O5/c1-5-24-17(22)14-6-8-15(9-7-14)25-12-16(19(2,3)4)26-18(23)21-11-10-20-13-21/h6-11,13,16H,5,12H2,1-4H3. The molecule has 2 aromatic rings. The number of rotatable bonds is 6. The van der Waals surface area contributed by atoms with E-state index < -0.39 is 12.2 Å². The minimum Gasteiger partial charge on any atom is -0.490 e. The fraction of sp³-hybridized carbons (Fsp3) is 0.421. The third-order valence-corrected chi connectivity index (χ3v) is 3.69. The minimum atomic E-state index is -0.510. The van der Waals surface area contributed by atoms with Crippen LogP contribution in [0.2, 0.25) is 0 Å². The van der Waals surface area contributed by atoms with Gasteiger partial charge in [-0.25, -0.2) is 19.1 Å². The lowest BCUT2D eigenvalue weighted by Crippen LogP contribution is -2.37. The van der Waals surface area contributed by atoms with Crippen molar-refractivity contribution in [2.24, 2.45) is 5.41 Å². The summed E-state index contributed by atoms with van der Waals surface area (Å²) in [6.07, 6.45) is 3.44. The summed E-state index contributed by atoms with van der Waals surface area (Å²) in [6.45, 7) is 8.16. The molecule has 7 heteroatoms. The lowest BCUT2D eigenvalue weighted by Gasteiger charge is -2.30. The van der Waals surface area contributed by atoms with Crippen LogP contribution in [0.5, 0.6) is 5.75 Å². The molecule has 0 saturated heterocycles. The van der Waals surface area contributed by atoms with E-state index in [1.807, 2.05) is 20.8 Å². The monoisotopic (exact) mass is 360 g/mol. The zero-order valence-electron chi connectivity index (χ0n) is 15.5. The van der Waals surface area contributed by atoms with Crippen molar-refractivity contribution in [3.05, 3.63) is 48.5 Å². The number of hydrogen-bond acceptors (Lipinski definition) is 6. The van der Waals surface area contributed by atoms with Gasteiger partial charge in [-0.05, 0) is 31.2 Å². The fourth-order valence-corrected chi connectivity index (χ4v) is 2.08. The van der Waals surface area contributed by atoms with Crippen molar-refractivity contribution in [2.75, 3.05) is 13.2 Å². The Balaban J connectivity index is 1.98. The average molecular weight is 360 g/mol. The van der Waals surface area contributed by atoms with Crippen molar-refractivity contribution in [1.82, 2.24) is 9.55 Å². The highest BCUT2D eigenvalue weighted by Crippen LogP contribution is 2.24. The predicted molar refractivity (Wildman–Crippen MR) is 95.2 cm³/mol. The Morgan fingerprint density at radius 1 is 1.19 bits per heavy atom. The molecule has 0 saturated carbocycles. The van der Waals surface area contributed by atoms with Crippen LogP contribution < -0.4 is 4.74 Å². The number of carbonyl (C=O) groups is 2. The Morgan fingerprint density at radius 2 is 1.88 bits per heavy atom. The Morgan fingerprint density at radius 3 is 2.42 bits per heavy atom. The summed E-state index contributed by atoms with van der Waals surface area (Å²) in [4.78, 5) is 27.6. The first-order valence-electron chi connectivity index (χ1n) is 8.40. The van der Waals surface area contributed by atoms with Crippen LogP contribution >= 0.6 is 0 Å². The largest absolute Gasteiger partial charge is 0.490 e. The molecule has 140 valence electrons. The second kappa shape index (κ2) is 8.51. The predicted octanol–water partition coefficient (Wildman–Crippen LogP) is 3.54. The summed E-state index contributed by atoms with van der Waals surface area (Å²) in [6, 6.07) is 6.64. The molecule has 0 bridgehead atoms. The van der Waals surface area contributed by atoms with Gasteiger partial charge in [0.05, 0.1) is 12.2 Å². The summed E-state index contributed by atoms with van der Waals surface area (Å²) >= 11 is 0. The van der Waals surface area contributed by atoms with Gasteiger partial charge in [0, 0.05) is 17.8 Å². The maximum atomic E-state index is 12.1. The maximum absolute atomic E-state index is 12.1. The first-order valence-corrected chi connectivity index (χ1v) is 8.40. The molecule has 0 fully saturated rings. The number of nitrogens with zero attached hydrogens (tertiary/aromatic N) is 2. The molecule has 0 aliphatic carbocycles. The number of esters is 1. The highest BCUT2D eigenvalue weighted by atomic mass is 16.6. The number of hydrogen-bond donors (Lipinski definition) is 0. The van der Waals surface area contributed by atoms with E-state index in [0.717, 1.165) is 0 Å². The van der Waals surface area contributed by atoms with Crippen LogP contribution in [0.3, 0.4) is 0 Å². The van der Waals surface area contributed by atoms with E-state index in [1.165, 1.54) is 23.3 Å². The first kappa shape index (κ1) is 19.5. The molecule has 0 spiro atoms. The maximum Gasteiger partial charge on any atom is 0.419 e. The molecule has 1 unspecified atom stereocenters. The van der Waals surface area contributed by atoms with Crippen molar-refractivity contribution < 1.29 is 23.8 Å². The molecule has 1 atom stereocenters. The van der Waals surface area contributed by atoms with Crippen LogP contribution in [-0.4, -0.2) is 40.9 Å². The molecule has 1 aromatic carbocycles.